The SMILES string of the molecule is CCOC(O)/C=C/C(N=C(C)N=CN)=C(CC)CC. The largest absolute Gasteiger partial charge is 0.390 e. The lowest BCUT2D eigenvalue weighted by Crippen LogP contribution is -2.07. The number of aliphatic hydroxyl groups is 1. The molecule has 0 aromatic carbocycles. The van der Waals surface area contributed by atoms with Crippen LogP contribution < -0.4 is 5.73 Å². The van der Waals surface area contributed by atoms with Crippen molar-refractivity contribution in [3.8, 4) is 0 Å². The Balaban J connectivity index is 5.20. The van der Waals surface area contributed by atoms with Gasteiger partial charge in [-0.3, -0.25) is 0 Å². The van der Waals surface area contributed by atoms with E-state index in [0.29, 0.717) is 12.4 Å². The summed E-state index contributed by atoms with van der Waals surface area (Å²) in [4.78, 5) is 8.32. The molecule has 5 heteroatoms. The Morgan fingerprint density at radius 1 is 1.32 bits per heavy atom. The summed E-state index contributed by atoms with van der Waals surface area (Å²) in [5.74, 6) is 0.576. The van der Waals surface area contributed by atoms with Gasteiger partial charge in [-0.1, -0.05) is 13.8 Å². The van der Waals surface area contributed by atoms with Crippen molar-refractivity contribution in [2.45, 2.75) is 46.8 Å². The summed E-state index contributed by atoms with van der Waals surface area (Å²) in [7, 11) is 0. The van der Waals surface area contributed by atoms with Gasteiger partial charge in [0.25, 0.3) is 0 Å². The van der Waals surface area contributed by atoms with Crippen molar-refractivity contribution in [1.29, 1.82) is 0 Å². The topological polar surface area (TPSA) is 80.2 Å². The van der Waals surface area contributed by atoms with Crippen LogP contribution in [-0.4, -0.2) is 30.2 Å². The van der Waals surface area contributed by atoms with Crippen LogP contribution in [0.25, 0.3) is 0 Å². The van der Waals surface area contributed by atoms with Gasteiger partial charge in [-0.15, -0.1) is 0 Å². The van der Waals surface area contributed by atoms with Crippen molar-refractivity contribution in [3.63, 3.8) is 0 Å². The molecule has 5 nitrogen and oxygen atoms in total. The Bertz CT molecular complexity index is 365. The summed E-state index contributed by atoms with van der Waals surface area (Å²) in [5, 5.41) is 9.53. The van der Waals surface area contributed by atoms with Gasteiger partial charge in [-0.2, -0.15) is 0 Å². The molecule has 1 atom stereocenters. The van der Waals surface area contributed by atoms with Crippen LogP contribution in [0.3, 0.4) is 0 Å². The van der Waals surface area contributed by atoms with Gasteiger partial charge in [0.05, 0.1) is 12.0 Å². The number of ether oxygens (including phenoxy) is 1. The van der Waals surface area contributed by atoms with Crippen LogP contribution in [0, 0.1) is 0 Å². The summed E-state index contributed by atoms with van der Waals surface area (Å²) in [6, 6.07) is 0. The van der Waals surface area contributed by atoms with Gasteiger partial charge >= 0.3 is 0 Å². The average molecular weight is 267 g/mol. The van der Waals surface area contributed by atoms with Gasteiger partial charge in [0.2, 0.25) is 0 Å². The second kappa shape index (κ2) is 10.5. The van der Waals surface area contributed by atoms with Crippen molar-refractivity contribution < 1.29 is 9.84 Å². The van der Waals surface area contributed by atoms with E-state index in [4.69, 9.17) is 10.5 Å². The summed E-state index contributed by atoms with van der Waals surface area (Å²) in [6.07, 6.45) is 5.43. The number of amidine groups is 1. The number of aliphatic imine (C=N–C) groups is 2. The van der Waals surface area contributed by atoms with E-state index in [2.05, 4.69) is 23.8 Å². The molecule has 0 amide bonds. The molecule has 108 valence electrons. The summed E-state index contributed by atoms with van der Waals surface area (Å²) >= 11 is 0. The number of hydrogen-bond acceptors (Lipinski definition) is 3. The highest BCUT2D eigenvalue weighted by molar-refractivity contribution is 5.87. The molecule has 19 heavy (non-hydrogen) atoms. The van der Waals surface area contributed by atoms with Crippen molar-refractivity contribution >= 4 is 12.2 Å². The minimum Gasteiger partial charge on any atom is -0.390 e. The fourth-order valence-electron chi connectivity index (χ4n) is 1.56. The second-order valence-corrected chi connectivity index (χ2v) is 3.84. The smallest absolute Gasteiger partial charge is 0.174 e. The number of aliphatic hydroxyl groups excluding tert-OH is 1. The van der Waals surface area contributed by atoms with E-state index >= 15 is 0 Å². The van der Waals surface area contributed by atoms with E-state index in [9.17, 15) is 5.11 Å². The molecule has 0 heterocycles. The van der Waals surface area contributed by atoms with E-state index in [-0.39, 0.29) is 0 Å². The zero-order valence-corrected chi connectivity index (χ0v) is 12.3. The van der Waals surface area contributed by atoms with Crippen LogP contribution in [0.2, 0.25) is 0 Å². The van der Waals surface area contributed by atoms with Crippen molar-refractivity contribution in [3.05, 3.63) is 23.4 Å². The Hall–Kier alpha value is -1.46. The van der Waals surface area contributed by atoms with E-state index in [1.54, 1.807) is 19.1 Å². The Morgan fingerprint density at radius 3 is 2.42 bits per heavy atom. The number of allylic oxidation sites excluding steroid dienone is 2. The normalized spacial score (nSPS) is 14.3. The van der Waals surface area contributed by atoms with Crippen LogP contribution in [0.4, 0.5) is 0 Å². The molecule has 0 bridgehead atoms. The quantitative estimate of drug-likeness (QED) is 0.321. The number of hydrogen-bond donors (Lipinski definition) is 2. The molecule has 0 saturated heterocycles. The zero-order chi connectivity index (χ0) is 14.7. The monoisotopic (exact) mass is 267 g/mol. The van der Waals surface area contributed by atoms with E-state index < -0.39 is 6.29 Å². The minimum absolute atomic E-state index is 0.457. The number of nitrogens with zero attached hydrogens (tertiary/aromatic N) is 2. The molecular weight excluding hydrogens is 242 g/mol. The van der Waals surface area contributed by atoms with Gasteiger partial charge in [0.15, 0.2) is 6.29 Å². The first-order valence-electron chi connectivity index (χ1n) is 6.58. The molecule has 0 aromatic heterocycles. The lowest BCUT2D eigenvalue weighted by atomic mass is 10.1. The molecule has 0 spiro atoms. The van der Waals surface area contributed by atoms with Crippen molar-refractivity contribution in [2.75, 3.05) is 6.61 Å². The third kappa shape index (κ3) is 7.54. The third-order valence-electron chi connectivity index (χ3n) is 2.52. The molecule has 1 unspecified atom stereocenters. The Morgan fingerprint density at radius 2 is 1.95 bits per heavy atom. The Labute approximate surface area is 115 Å². The lowest BCUT2D eigenvalue weighted by molar-refractivity contribution is -0.0587. The Kier molecular flexibility index (Phi) is 9.66. The maximum Gasteiger partial charge on any atom is 0.174 e. The second-order valence-electron chi connectivity index (χ2n) is 3.84. The third-order valence-corrected chi connectivity index (χ3v) is 2.52. The molecule has 0 fully saturated rings. The van der Waals surface area contributed by atoms with E-state index in [1.165, 1.54) is 11.9 Å². The van der Waals surface area contributed by atoms with Crippen molar-refractivity contribution in [1.82, 2.24) is 0 Å². The zero-order valence-electron chi connectivity index (χ0n) is 12.3. The summed E-state index contributed by atoms with van der Waals surface area (Å²) in [6.45, 7) is 8.21. The van der Waals surface area contributed by atoms with Crippen LogP contribution in [-0.2, 0) is 4.74 Å². The van der Waals surface area contributed by atoms with Gasteiger partial charge in [-0.05, 0) is 44.4 Å². The highest BCUT2D eigenvalue weighted by Crippen LogP contribution is 2.16. The number of rotatable bonds is 7. The average Bonchev–Trinajstić information content (AvgIpc) is 2.37. The molecule has 0 aliphatic rings. The maximum absolute atomic E-state index is 9.53. The first-order valence-corrected chi connectivity index (χ1v) is 6.58. The standard InChI is InChI=1S/C14H25N3O2/c1-5-12(6-2)13(17-11(4)16-10-15)8-9-14(18)19-7-3/h8-10,14,18H,5-7H2,1-4H3,(H2,15,16,17)/b9-8+. The first-order chi connectivity index (χ1) is 9.08. The molecule has 0 aliphatic carbocycles. The molecule has 0 radical (unpaired) electrons. The van der Waals surface area contributed by atoms with Crippen LogP contribution in [0.5, 0.6) is 0 Å². The summed E-state index contributed by atoms with van der Waals surface area (Å²) < 4.78 is 5.04. The molecule has 0 aliphatic heterocycles. The van der Waals surface area contributed by atoms with Crippen LogP contribution in [0.1, 0.15) is 40.5 Å². The van der Waals surface area contributed by atoms with Crippen molar-refractivity contribution in [2.24, 2.45) is 15.7 Å². The minimum atomic E-state index is -0.913. The van der Waals surface area contributed by atoms with Crippen LogP contribution >= 0.6 is 0 Å². The van der Waals surface area contributed by atoms with Crippen LogP contribution in [0.15, 0.2) is 33.4 Å². The molecule has 0 saturated carbocycles. The molecule has 0 aromatic rings. The predicted octanol–water partition coefficient (Wildman–Crippen LogP) is 2.38. The molecule has 3 N–H and O–H groups in total. The fourth-order valence-corrected chi connectivity index (χ4v) is 1.56. The van der Waals surface area contributed by atoms with Gasteiger partial charge in [0, 0.05) is 6.61 Å². The maximum atomic E-state index is 9.53. The van der Waals surface area contributed by atoms with Gasteiger partial charge in [0.1, 0.15) is 5.84 Å². The van der Waals surface area contributed by atoms with Gasteiger partial charge < -0.3 is 15.6 Å². The fraction of sp³-hybridized carbons (Fsp3) is 0.571. The highest BCUT2D eigenvalue weighted by Gasteiger charge is 2.02. The summed E-state index contributed by atoms with van der Waals surface area (Å²) in [5.41, 5.74) is 7.23. The van der Waals surface area contributed by atoms with E-state index in [0.717, 1.165) is 18.5 Å². The highest BCUT2D eigenvalue weighted by atomic mass is 16.6. The first kappa shape index (κ1) is 17.5. The molecular formula is C14H25N3O2. The predicted molar refractivity (Wildman–Crippen MR) is 80.2 cm³/mol. The van der Waals surface area contributed by atoms with Gasteiger partial charge in [-0.25, -0.2) is 9.98 Å². The molecule has 0 rings (SSSR count). The number of nitrogens with two attached hydrogens (primary N) is 1. The van der Waals surface area contributed by atoms with E-state index in [1.807, 2.05) is 6.92 Å². The lowest BCUT2D eigenvalue weighted by Gasteiger charge is -2.07.